The van der Waals surface area contributed by atoms with Gasteiger partial charge in [-0.3, -0.25) is 4.79 Å². The maximum Gasteiger partial charge on any atom is 0.328 e. The summed E-state index contributed by atoms with van der Waals surface area (Å²) in [5.74, 6) is -0.780. The van der Waals surface area contributed by atoms with Crippen molar-refractivity contribution in [2.75, 3.05) is 7.11 Å². The lowest BCUT2D eigenvalue weighted by Crippen LogP contribution is -2.45. The molecule has 1 aromatic carbocycles. The highest BCUT2D eigenvalue weighted by molar-refractivity contribution is 14.1. The largest absolute Gasteiger partial charge is 0.467 e. The van der Waals surface area contributed by atoms with E-state index in [0.29, 0.717) is 10.0 Å². The molecule has 0 aromatic heterocycles. The lowest BCUT2D eigenvalue weighted by atomic mass is 10.0. The van der Waals surface area contributed by atoms with Crippen LogP contribution >= 0.6 is 38.5 Å². The first-order chi connectivity index (χ1) is 8.86. The summed E-state index contributed by atoms with van der Waals surface area (Å²) in [5.41, 5.74) is 0.501. The van der Waals surface area contributed by atoms with Crippen molar-refractivity contribution in [3.63, 3.8) is 0 Å². The van der Waals surface area contributed by atoms with Crippen molar-refractivity contribution in [3.8, 4) is 0 Å². The third-order valence-electron chi connectivity index (χ3n) is 2.58. The summed E-state index contributed by atoms with van der Waals surface area (Å²) in [7, 11) is 1.31. The minimum atomic E-state index is -0.651. The van der Waals surface area contributed by atoms with Crippen molar-refractivity contribution < 1.29 is 14.3 Å². The molecule has 0 spiro atoms. The Kier molecular flexibility index (Phi) is 6.25. The molecular formula is C13H15BrINO3. The molecule has 1 N–H and O–H groups in total. The van der Waals surface area contributed by atoms with Gasteiger partial charge >= 0.3 is 5.97 Å². The molecule has 4 nitrogen and oxygen atoms in total. The number of rotatable bonds is 4. The van der Waals surface area contributed by atoms with Crippen molar-refractivity contribution >= 4 is 50.4 Å². The van der Waals surface area contributed by atoms with Crippen LogP contribution < -0.4 is 5.32 Å². The first-order valence-corrected chi connectivity index (χ1v) is 7.57. The standard InChI is InChI=1S/C13H15BrINO3/c1-7(2)11(13(18)19-3)16-12(17)9-6-8(15)4-5-10(9)14/h4-7,11H,1-3H3,(H,16,17)/t11-/m0/s1. The van der Waals surface area contributed by atoms with Crippen LogP contribution in [0.4, 0.5) is 0 Å². The number of nitrogens with one attached hydrogen (secondary N) is 1. The normalized spacial score (nSPS) is 12.1. The highest BCUT2D eigenvalue weighted by Crippen LogP contribution is 2.20. The lowest BCUT2D eigenvalue weighted by Gasteiger charge is -2.20. The van der Waals surface area contributed by atoms with E-state index in [4.69, 9.17) is 4.74 Å². The molecule has 0 fully saturated rings. The predicted molar refractivity (Wildman–Crippen MR) is 85.0 cm³/mol. The number of ether oxygens (including phenoxy) is 1. The quantitative estimate of drug-likeness (QED) is 0.579. The number of benzene rings is 1. The molecule has 0 heterocycles. The lowest BCUT2D eigenvalue weighted by molar-refractivity contribution is -0.144. The van der Waals surface area contributed by atoms with Crippen LogP contribution in [0.5, 0.6) is 0 Å². The summed E-state index contributed by atoms with van der Waals surface area (Å²) < 4.78 is 6.34. The van der Waals surface area contributed by atoms with Crippen molar-refractivity contribution in [2.45, 2.75) is 19.9 Å². The van der Waals surface area contributed by atoms with Gasteiger partial charge in [-0.1, -0.05) is 13.8 Å². The van der Waals surface area contributed by atoms with Gasteiger partial charge in [-0.05, 0) is 62.6 Å². The molecule has 0 saturated carbocycles. The van der Waals surface area contributed by atoms with Crippen LogP contribution in [-0.2, 0) is 9.53 Å². The molecule has 0 aliphatic heterocycles. The van der Waals surface area contributed by atoms with Gasteiger partial charge in [-0.15, -0.1) is 0 Å². The van der Waals surface area contributed by atoms with Crippen LogP contribution in [0.1, 0.15) is 24.2 Å². The van der Waals surface area contributed by atoms with Crippen LogP contribution in [0.15, 0.2) is 22.7 Å². The number of hydrogen-bond acceptors (Lipinski definition) is 3. The third-order valence-corrected chi connectivity index (χ3v) is 3.94. The van der Waals surface area contributed by atoms with Crippen LogP contribution in [0.25, 0.3) is 0 Å². The fourth-order valence-electron chi connectivity index (χ4n) is 1.52. The molecule has 19 heavy (non-hydrogen) atoms. The van der Waals surface area contributed by atoms with E-state index in [1.54, 1.807) is 12.1 Å². The number of hydrogen-bond donors (Lipinski definition) is 1. The molecular weight excluding hydrogens is 425 g/mol. The van der Waals surface area contributed by atoms with Gasteiger partial charge in [-0.2, -0.15) is 0 Å². The first kappa shape index (κ1) is 16.4. The zero-order chi connectivity index (χ0) is 14.6. The van der Waals surface area contributed by atoms with Gasteiger partial charge in [0, 0.05) is 8.04 Å². The Morgan fingerprint density at radius 1 is 1.37 bits per heavy atom. The minimum absolute atomic E-state index is 0.0436. The van der Waals surface area contributed by atoms with E-state index >= 15 is 0 Å². The van der Waals surface area contributed by atoms with Crippen LogP contribution in [0.2, 0.25) is 0 Å². The van der Waals surface area contributed by atoms with E-state index in [9.17, 15) is 9.59 Å². The van der Waals surface area contributed by atoms with Gasteiger partial charge in [0.15, 0.2) is 0 Å². The summed E-state index contributed by atoms with van der Waals surface area (Å²) >= 11 is 5.46. The van der Waals surface area contributed by atoms with E-state index in [1.165, 1.54) is 7.11 Å². The number of methoxy groups -OCH3 is 1. The molecule has 0 aliphatic carbocycles. The number of halogens is 2. The second-order valence-electron chi connectivity index (χ2n) is 4.34. The molecule has 1 aromatic rings. The molecule has 1 rings (SSSR count). The number of esters is 1. The highest BCUT2D eigenvalue weighted by atomic mass is 127. The molecule has 0 aliphatic rings. The summed E-state index contributed by atoms with van der Waals surface area (Å²) in [6.07, 6.45) is 0. The van der Waals surface area contributed by atoms with E-state index in [1.807, 2.05) is 19.9 Å². The van der Waals surface area contributed by atoms with E-state index < -0.39 is 12.0 Å². The van der Waals surface area contributed by atoms with Crippen molar-refractivity contribution in [1.29, 1.82) is 0 Å². The molecule has 1 amide bonds. The third kappa shape index (κ3) is 4.45. The number of carbonyl (C=O) groups excluding carboxylic acids is 2. The van der Waals surface area contributed by atoms with Crippen molar-refractivity contribution in [1.82, 2.24) is 5.32 Å². The van der Waals surface area contributed by atoms with E-state index in [2.05, 4.69) is 43.8 Å². The zero-order valence-electron chi connectivity index (χ0n) is 10.9. The Morgan fingerprint density at radius 2 is 2.00 bits per heavy atom. The molecule has 0 saturated heterocycles. The smallest absolute Gasteiger partial charge is 0.328 e. The van der Waals surface area contributed by atoms with Gasteiger partial charge in [0.05, 0.1) is 12.7 Å². The SMILES string of the molecule is COC(=O)[C@@H](NC(=O)c1cc(I)ccc1Br)C(C)C. The van der Waals surface area contributed by atoms with Gasteiger partial charge in [0.25, 0.3) is 5.91 Å². The van der Waals surface area contributed by atoms with E-state index in [0.717, 1.165) is 3.57 Å². The Bertz CT molecular complexity index is 491. The summed E-state index contributed by atoms with van der Waals surface area (Å²) in [5, 5.41) is 2.70. The van der Waals surface area contributed by atoms with Gasteiger partial charge in [0.1, 0.15) is 6.04 Å². The Morgan fingerprint density at radius 3 is 2.53 bits per heavy atom. The summed E-state index contributed by atoms with van der Waals surface area (Å²) in [6.45, 7) is 3.71. The molecule has 6 heteroatoms. The molecule has 0 radical (unpaired) electrons. The monoisotopic (exact) mass is 439 g/mol. The maximum absolute atomic E-state index is 12.2. The van der Waals surface area contributed by atoms with Gasteiger partial charge in [0.2, 0.25) is 0 Å². The fraction of sp³-hybridized carbons (Fsp3) is 0.385. The zero-order valence-corrected chi connectivity index (χ0v) is 14.6. The van der Waals surface area contributed by atoms with Crippen molar-refractivity contribution in [2.24, 2.45) is 5.92 Å². The Hall–Kier alpha value is -0.630. The minimum Gasteiger partial charge on any atom is -0.467 e. The highest BCUT2D eigenvalue weighted by Gasteiger charge is 2.26. The second-order valence-corrected chi connectivity index (χ2v) is 6.44. The van der Waals surface area contributed by atoms with Gasteiger partial charge < -0.3 is 10.1 Å². The van der Waals surface area contributed by atoms with Crippen LogP contribution in [-0.4, -0.2) is 25.0 Å². The average Bonchev–Trinajstić information content (AvgIpc) is 2.37. The fourth-order valence-corrected chi connectivity index (χ4v) is 2.43. The molecule has 0 bridgehead atoms. The number of carbonyl (C=O) groups is 2. The van der Waals surface area contributed by atoms with Crippen LogP contribution in [0.3, 0.4) is 0 Å². The Labute approximate surface area is 134 Å². The second kappa shape index (κ2) is 7.23. The molecule has 104 valence electrons. The molecule has 1 atom stereocenters. The Balaban J connectivity index is 2.94. The first-order valence-electron chi connectivity index (χ1n) is 5.70. The van der Waals surface area contributed by atoms with Crippen molar-refractivity contribution in [3.05, 3.63) is 31.8 Å². The average molecular weight is 440 g/mol. The maximum atomic E-state index is 12.2. The number of amides is 1. The van der Waals surface area contributed by atoms with Gasteiger partial charge in [-0.25, -0.2) is 4.79 Å². The summed E-state index contributed by atoms with van der Waals surface area (Å²) in [6, 6.07) is 4.80. The predicted octanol–water partition coefficient (Wildman–Crippen LogP) is 2.98. The summed E-state index contributed by atoms with van der Waals surface area (Å²) in [4.78, 5) is 23.8. The van der Waals surface area contributed by atoms with E-state index in [-0.39, 0.29) is 11.8 Å². The topological polar surface area (TPSA) is 55.4 Å². The van der Waals surface area contributed by atoms with Crippen LogP contribution in [0, 0.1) is 9.49 Å². The molecule has 0 unspecified atom stereocenters.